The zero-order valence-corrected chi connectivity index (χ0v) is 16.8. The van der Waals surface area contributed by atoms with Crippen LogP contribution in [0.15, 0.2) is 76.5 Å². The Kier molecular flexibility index (Phi) is 6.83. The summed E-state index contributed by atoms with van der Waals surface area (Å²) in [5, 5.41) is 11.6. The molecule has 5 nitrogen and oxygen atoms in total. The van der Waals surface area contributed by atoms with Gasteiger partial charge in [0.25, 0.3) is 5.91 Å². The minimum atomic E-state index is -0.688. The summed E-state index contributed by atoms with van der Waals surface area (Å²) in [6.45, 7) is 1.18. The molecule has 0 aliphatic rings. The lowest BCUT2D eigenvalue weighted by Gasteiger charge is -2.11. The fourth-order valence-corrected chi connectivity index (χ4v) is 3.62. The van der Waals surface area contributed by atoms with Gasteiger partial charge in [-0.2, -0.15) is 5.26 Å². The third-order valence-corrected chi connectivity index (χ3v) is 5.22. The number of nitrogens with zero attached hydrogens (tertiary/aromatic N) is 1. The molecule has 0 heterocycles. The van der Waals surface area contributed by atoms with Gasteiger partial charge in [-0.25, -0.2) is 9.18 Å². The van der Waals surface area contributed by atoms with E-state index < -0.39 is 24.3 Å². The number of rotatable bonds is 6. The van der Waals surface area contributed by atoms with Gasteiger partial charge in [0.2, 0.25) is 0 Å². The van der Waals surface area contributed by atoms with Crippen LogP contribution in [0.2, 0.25) is 0 Å². The highest BCUT2D eigenvalue weighted by molar-refractivity contribution is 7.99. The molecule has 0 bridgehead atoms. The number of esters is 1. The molecular formula is C23H17FN2O3S. The van der Waals surface area contributed by atoms with Gasteiger partial charge in [0.05, 0.1) is 16.8 Å². The van der Waals surface area contributed by atoms with Crippen molar-refractivity contribution in [2.45, 2.75) is 16.7 Å². The zero-order chi connectivity index (χ0) is 21.5. The van der Waals surface area contributed by atoms with Gasteiger partial charge in [-0.15, -0.1) is 0 Å². The predicted molar refractivity (Wildman–Crippen MR) is 112 cm³/mol. The molecule has 0 atom stereocenters. The minimum Gasteiger partial charge on any atom is -0.452 e. The van der Waals surface area contributed by atoms with E-state index in [4.69, 9.17) is 4.74 Å². The van der Waals surface area contributed by atoms with Crippen LogP contribution in [0.1, 0.15) is 21.5 Å². The second kappa shape index (κ2) is 9.72. The monoisotopic (exact) mass is 420 g/mol. The van der Waals surface area contributed by atoms with E-state index in [2.05, 4.69) is 11.4 Å². The molecule has 3 rings (SSSR count). The summed E-state index contributed by atoms with van der Waals surface area (Å²) in [6, 6.07) is 20.3. The number of anilines is 1. The number of amides is 1. The number of carbonyl (C=O) groups is 2. The molecule has 7 heteroatoms. The second-order valence-corrected chi connectivity index (χ2v) is 7.40. The van der Waals surface area contributed by atoms with E-state index in [-0.39, 0.29) is 11.3 Å². The van der Waals surface area contributed by atoms with E-state index in [0.717, 1.165) is 5.56 Å². The summed E-state index contributed by atoms with van der Waals surface area (Å²) in [5.74, 6) is -1.90. The van der Waals surface area contributed by atoms with Crippen LogP contribution in [-0.2, 0) is 9.53 Å². The summed E-state index contributed by atoms with van der Waals surface area (Å²) < 4.78 is 19.0. The first kappa shape index (κ1) is 21.1. The van der Waals surface area contributed by atoms with Crippen molar-refractivity contribution in [2.24, 2.45) is 0 Å². The molecule has 0 aliphatic carbocycles. The van der Waals surface area contributed by atoms with Crippen molar-refractivity contribution in [3.63, 3.8) is 0 Å². The highest BCUT2D eigenvalue weighted by atomic mass is 32.2. The van der Waals surface area contributed by atoms with Crippen molar-refractivity contribution in [1.29, 1.82) is 5.26 Å². The van der Waals surface area contributed by atoms with Crippen LogP contribution in [-0.4, -0.2) is 18.5 Å². The maximum Gasteiger partial charge on any atom is 0.339 e. The average Bonchev–Trinajstić information content (AvgIpc) is 2.75. The largest absolute Gasteiger partial charge is 0.452 e. The van der Waals surface area contributed by atoms with Gasteiger partial charge < -0.3 is 10.1 Å². The first-order valence-electron chi connectivity index (χ1n) is 8.97. The lowest BCUT2D eigenvalue weighted by molar-refractivity contribution is -0.119. The van der Waals surface area contributed by atoms with Crippen LogP contribution in [0, 0.1) is 24.1 Å². The van der Waals surface area contributed by atoms with Gasteiger partial charge in [-0.1, -0.05) is 42.1 Å². The highest BCUT2D eigenvalue weighted by Gasteiger charge is 2.16. The SMILES string of the molecule is Cc1ccc(NC(=O)COC(=O)c2ccccc2Sc2ccccc2C#N)c(F)c1. The number of hydrogen-bond donors (Lipinski definition) is 1. The Hall–Kier alpha value is -3.63. The molecule has 1 amide bonds. The Labute approximate surface area is 177 Å². The van der Waals surface area contributed by atoms with Crippen LogP contribution < -0.4 is 5.32 Å². The number of carbonyl (C=O) groups excluding carboxylic acids is 2. The first-order valence-corrected chi connectivity index (χ1v) is 9.78. The fourth-order valence-electron chi connectivity index (χ4n) is 2.61. The van der Waals surface area contributed by atoms with Gasteiger partial charge >= 0.3 is 5.97 Å². The maximum atomic E-state index is 13.8. The lowest BCUT2D eigenvalue weighted by atomic mass is 10.2. The quantitative estimate of drug-likeness (QED) is 0.571. The Morgan fingerprint density at radius 3 is 2.50 bits per heavy atom. The smallest absolute Gasteiger partial charge is 0.339 e. The number of halogens is 1. The number of nitrogens with one attached hydrogen (secondary N) is 1. The van der Waals surface area contributed by atoms with Crippen LogP contribution in [0.25, 0.3) is 0 Å². The van der Waals surface area contributed by atoms with Crippen LogP contribution >= 0.6 is 11.8 Å². The van der Waals surface area contributed by atoms with E-state index in [9.17, 15) is 19.2 Å². The second-order valence-electron chi connectivity index (χ2n) is 6.31. The molecule has 0 unspecified atom stereocenters. The molecular weight excluding hydrogens is 403 g/mol. The highest BCUT2D eigenvalue weighted by Crippen LogP contribution is 2.32. The van der Waals surface area contributed by atoms with Crippen LogP contribution in [0.4, 0.5) is 10.1 Å². The normalized spacial score (nSPS) is 10.2. The third kappa shape index (κ3) is 5.25. The molecule has 0 spiro atoms. The van der Waals surface area contributed by atoms with Gasteiger partial charge in [-0.05, 0) is 48.9 Å². The molecule has 0 aromatic heterocycles. The molecule has 0 saturated carbocycles. The van der Waals surface area contributed by atoms with Crippen molar-refractivity contribution in [2.75, 3.05) is 11.9 Å². The lowest BCUT2D eigenvalue weighted by Crippen LogP contribution is -2.21. The topological polar surface area (TPSA) is 79.2 Å². The number of hydrogen-bond acceptors (Lipinski definition) is 5. The van der Waals surface area contributed by atoms with Crippen molar-refractivity contribution >= 4 is 29.3 Å². The molecule has 0 saturated heterocycles. The molecule has 0 radical (unpaired) electrons. The fraction of sp³-hybridized carbons (Fsp3) is 0.0870. The van der Waals surface area contributed by atoms with Gasteiger partial charge in [-0.3, -0.25) is 4.79 Å². The molecule has 30 heavy (non-hydrogen) atoms. The summed E-state index contributed by atoms with van der Waals surface area (Å²) in [4.78, 5) is 25.9. The molecule has 0 fully saturated rings. The number of nitriles is 1. The minimum absolute atomic E-state index is 0.0192. The maximum absolute atomic E-state index is 13.8. The summed E-state index contributed by atoms with van der Waals surface area (Å²) in [7, 11) is 0. The predicted octanol–water partition coefficient (Wildman–Crippen LogP) is 4.95. The molecule has 1 N–H and O–H groups in total. The third-order valence-electron chi connectivity index (χ3n) is 4.07. The van der Waals surface area contributed by atoms with Crippen molar-refractivity contribution in [1.82, 2.24) is 0 Å². The number of benzene rings is 3. The molecule has 3 aromatic rings. The standard InChI is InChI=1S/C23H17FN2O3S/c1-15-10-11-19(18(24)12-15)26-22(27)14-29-23(28)17-7-3-5-9-21(17)30-20-8-4-2-6-16(20)13-25/h2-12H,14H2,1H3,(H,26,27). The number of aryl methyl sites for hydroxylation is 1. The van der Waals surface area contributed by atoms with Gasteiger partial charge in [0.1, 0.15) is 11.9 Å². The van der Waals surface area contributed by atoms with Crippen LogP contribution in [0.3, 0.4) is 0 Å². The summed E-state index contributed by atoms with van der Waals surface area (Å²) >= 11 is 1.26. The Morgan fingerprint density at radius 1 is 1.07 bits per heavy atom. The summed E-state index contributed by atoms with van der Waals surface area (Å²) in [6.07, 6.45) is 0. The van der Waals surface area contributed by atoms with Gasteiger partial charge in [0, 0.05) is 9.79 Å². The van der Waals surface area contributed by atoms with Gasteiger partial charge in [0.15, 0.2) is 6.61 Å². The van der Waals surface area contributed by atoms with E-state index in [0.29, 0.717) is 15.4 Å². The first-order chi connectivity index (χ1) is 14.5. The molecule has 150 valence electrons. The van der Waals surface area contributed by atoms with Crippen LogP contribution in [0.5, 0.6) is 0 Å². The average molecular weight is 420 g/mol. The summed E-state index contributed by atoms with van der Waals surface area (Å²) in [5.41, 5.74) is 1.50. The zero-order valence-electron chi connectivity index (χ0n) is 16.0. The van der Waals surface area contributed by atoms with Crippen molar-refractivity contribution in [3.05, 3.63) is 89.2 Å². The molecule has 0 aliphatic heterocycles. The van der Waals surface area contributed by atoms with E-state index >= 15 is 0 Å². The van der Waals surface area contributed by atoms with Crippen molar-refractivity contribution in [3.8, 4) is 6.07 Å². The Balaban J connectivity index is 1.67. The van der Waals surface area contributed by atoms with E-state index in [1.54, 1.807) is 61.5 Å². The molecule has 3 aromatic carbocycles. The van der Waals surface area contributed by atoms with E-state index in [1.165, 1.54) is 23.9 Å². The number of ether oxygens (including phenoxy) is 1. The van der Waals surface area contributed by atoms with E-state index in [1.807, 2.05) is 0 Å². The van der Waals surface area contributed by atoms with Crippen molar-refractivity contribution < 1.29 is 18.7 Å². The Morgan fingerprint density at radius 2 is 1.77 bits per heavy atom. The Bertz CT molecular complexity index is 1140.